The maximum Gasteiger partial charge on any atom is 0.265 e. The van der Waals surface area contributed by atoms with Gasteiger partial charge in [0.1, 0.15) is 4.83 Å². The summed E-state index contributed by atoms with van der Waals surface area (Å²) in [6, 6.07) is 8.49. The van der Waals surface area contributed by atoms with E-state index < -0.39 is 5.91 Å². The zero-order valence-electron chi connectivity index (χ0n) is 15.3. The Morgan fingerprint density at radius 3 is 2.57 bits per heavy atom. The van der Waals surface area contributed by atoms with Gasteiger partial charge in [-0.3, -0.25) is 14.4 Å². The van der Waals surface area contributed by atoms with E-state index in [2.05, 4.69) is 15.6 Å². The molecule has 0 radical (unpaired) electrons. The van der Waals surface area contributed by atoms with Crippen LogP contribution in [0.25, 0.3) is 9.53 Å². The number of nitrogens with zero attached hydrogens (tertiary/aromatic N) is 2. The highest BCUT2D eigenvalue weighted by Crippen LogP contribution is 2.34. The van der Waals surface area contributed by atoms with Crippen molar-refractivity contribution in [2.24, 2.45) is 5.73 Å². The molecule has 3 aromatic rings. The van der Waals surface area contributed by atoms with Crippen molar-refractivity contribution in [3.63, 3.8) is 0 Å². The summed E-state index contributed by atoms with van der Waals surface area (Å²) in [5, 5.41) is 6.28. The molecule has 0 spiro atoms. The lowest BCUT2D eigenvalue weighted by molar-refractivity contribution is -0.117. The van der Waals surface area contributed by atoms with Gasteiger partial charge < -0.3 is 21.3 Å². The molecule has 0 bridgehead atoms. The van der Waals surface area contributed by atoms with Crippen molar-refractivity contribution in [2.75, 3.05) is 30.9 Å². The van der Waals surface area contributed by atoms with Gasteiger partial charge in [-0.15, -0.1) is 11.3 Å². The number of rotatable bonds is 7. The number of nitrogens with two attached hydrogens (primary N) is 1. The molecule has 2 heterocycles. The first-order valence-corrected chi connectivity index (χ1v) is 10.0. The van der Waals surface area contributed by atoms with Crippen LogP contribution in [-0.2, 0) is 4.79 Å². The van der Waals surface area contributed by atoms with Gasteiger partial charge in [0.25, 0.3) is 11.8 Å². The van der Waals surface area contributed by atoms with Crippen LogP contribution >= 0.6 is 22.7 Å². The van der Waals surface area contributed by atoms with Crippen LogP contribution in [0.5, 0.6) is 0 Å². The van der Waals surface area contributed by atoms with Gasteiger partial charge in [-0.1, -0.05) is 23.5 Å². The highest BCUT2D eigenvalue weighted by molar-refractivity contribution is 7.29. The van der Waals surface area contributed by atoms with Crippen LogP contribution in [-0.4, -0.2) is 43.3 Å². The first-order chi connectivity index (χ1) is 13.3. The van der Waals surface area contributed by atoms with Crippen molar-refractivity contribution in [3.05, 3.63) is 40.8 Å². The summed E-state index contributed by atoms with van der Waals surface area (Å²) < 4.78 is 0.941. The number of para-hydroxylation sites is 1. The van der Waals surface area contributed by atoms with Gasteiger partial charge in [0, 0.05) is 27.1 Å². The molecule has 0 atom stereocenters. The molecular weight excluding hydrogens is 398 g/mol. The lowest BCUT2D eigenvalue weighted by Gasteiger charge is -2.10. The molecule has 0 saturated heterocycles. The minimum atomic E-state index is -0.495. The molecule has 4 N–H and O–H groups in total. The van der Waals surface area contributed by atoms with Gasteiger partial charge in [-0.05, 0) is 18.2 Å². The molecule has 8 nitrogen and oxygen atoms in total. The fourth-order valence-corrected chi connectivity index (χ4v) is 4.42. The minimum Gasteiger partial charge on any atom is -0.370 e. The van der Waals surface area contributed by atoms with Crippen LogP contribution in [0.4, 0.5) is 10.8 Å². The third-order valence-corrected chi connectivity index (χ3v) is 6.09. The molecular formula is C18H19N5O3S2. The quantitative estimate of drug-likeness (QED) is 0.545. The normalized spacial score (nSPS) is 10.6. The van der Waals surface area contributed by atoms with Crippen molar-refractivity contribution in [2.45, 2.75) is 6.42 Å². The number of amides is 3. The van der Waals surface area contributed by atoms with Gasteiger partial charge in [0.05, 0.1) is 20.8 Å². The third-order valence-electron chi connectivity index (χ3n) is 3.76. The Balaban J connectivity index is 1.74. The molecule has 2 aromatic heterocycles. The van der Waals surface area contributed by atoms with E-state index in [1.807, 2.05) is 19.0 Å². The van der Waals surface area contributed by atoms with Crippen LogP contribution in [0, 0.1) is 0 Å². The van der Waals surface area contributed by atoms with E-state index in [-0.39, 0.29) is 24.8 Å². The summed E-state index contributed by atoms with van der Waals surface area (Å²) in [6.45, 7) is 0.136. The number of fused-ring (bicyclic) bond motifs is 1. The molecule has 0 aliphatic carbocycles. The lowest BCUT2D eigenvalue weighted by Crippen LogP contribution is -2.28. The Kier molecular flexibility index (Phi) is 5.90. The number of hydrogen-bond acceptors (Lipinski definition) is 7. The topological polar surface area (TPSA) is 117 Å². The fraction of sp³-hybridized carbons (Fsp3) is 0.222. The summed E-state index contributed by atoms with van der Waals surface area (Å²) in [7, 11) is 3.84. The highest BCUT2D eigenvalue weighted by atomic mass is 32.1. The van der Waals surface area contributed by atoms with Crippen LogP contribution in [0.2, 0.25) is 0 Å². The largest absolute Gasteiger partial charge is 0.370 e. The number of carbonyl (C=O) groups is 3. The number of aromatic nitrogens is 1. The number of benzene rings is 1. The Bertz CT molecular complexity index is 1010. The second-order valence-electron chi connectivity index (χ2n) is 6.14. The van der Waals surface area contributed by atoms with Crippen LogP contribution in [0.15, 0.2) is 30.3 Å². The Morgan fingerprint density at radius 1 is 1.14 bits per heavy atom. The molecule has 28 heavy (non-hydrogen) atoms. The van der Waals surface area contributed by atoms with E-state index in [4.69, 9.17) is 5.73 Å². The summed E-state index contributed by atoms with van der Waals surface area (Å²) in [6.07, 6.45) is 0.0497. The molecule has 1 aromatic carbocycles. The Hall–Kier alpha value is -2.98. The van der Waals surface area contributed by atoms with Gasteiger partial charge in [0.15, 0.2) is 5.13 Å². The summed E-state index contributed by atoms with van der Waals surface area (Å²) in [5.74, 6) is -1.19. The second kappa shape index (κ2) is 8.36. The lowest BCUT2D eigenvalue weighted by atomic mass is 10.1. The van der Waals surface area contributed by atoms with Crippen molar-refractivity contribution in [1.29, 1.82) is 0 Å². The van der Waals surface area contributed by atoms with E-state index in [1.165, 1.54) is 22.7 Å². The molecule has 3 rings (SSSR count). The zero-order chi connectivity index (χ0) is 20.3. The number of nitrogens with one attached hydrogen (secondary N) is 2. The Labute approximate surface area is 169 Å². The smallest absolute Gasteiger partial charge is 0.265 e. The maximum absolute atomic E-state index is 12.7. The predicted molar refractivity (Wildman–Crippen MR) is 112 cm³/mol. The number of carbonyl (C=O) groups excluding carboxylic acids is 3. The van der Waals surface area contributed by atoms with Crippen molar-refractivity contribution in [1.82, 2.24) is 10.3 Å². The van der Waals surface area contributed by atoms with Gasteiger partial charge in [0.2, 0.25) is 5.91 Å². The average Bonchev–Trinajstić information content (AvgIpc) is 3.21. The molecule has 0 aliphatic heterocycles. The molecule has 10 heteroatoms. The molecule has 3 amide bonds. The van der Waals surface area contributed by atoms with Crippen molar-refractivity contribution >= 4 is 60.7 Å². The first-order valence-electron chi connectivity index (χ1n) is 8.39. The van der Waals surface area contributed by atoms with Crippen molar-refractivity contribution in [3.8, 4) is 0 Å². The van der Waals surface area contributed by atoms with E-state index in [0.29, 0.717) is 16.1 Å². The minimum absolute atomic E-state index is 0.0497. The monoisotopic (exact) mass is 417 g/mol. The van der Waals surface area contributed by atoms with Crippen molar-refractivity contribution < 1.29 is 14.4 Å². The van der Waals surface area contributed by atoms with Gasteiger partial charge in [-0.2, -0.15) is 0 Å². The van der Waals surface area contributed by atoms with E-state index in [9.17, 15) is 14.4 Å². The molecule has 0 unspecified atom stereocenters. The average molecular weight is 418 g/mol. The fourth-order valence-electron chi connectivity index (χ4n) is 2.40. The first kappa shape index (κ1) is 19.8. The van der Waals surface area contributed by atoms with E-state index in [0.717, 1.165) is 14.7 Å². The molecule has 0 aliphatic rings. The number of anilines is 2. The summed E-state index contributed by atoms with van der Waals surface area (Å²) >= 11 is 2.82. The number of primary amides is 1. The van der Waals surface area contributed by atoms with Crippen LogP contribution in [0.1, 0.15) is 26.5 Å². The van der Waals surface area contributed by atoms with Crippen LogP contribution in [0.3, 0.4) is 0 Å². The summed E-state index contributed by atoms with van der Waals surface area (Å²) in [4.78, 5) is 43.5. The predicted octanol–water partition coefficient (Wildman–Crippen LogP) is 2.28. The van der Waals surface area contributed by atoms with E-state index >= 15 is 0 Å². The van der Waals surface area contributed by atoms with Gasteiger partial charge in [-0.25, -0.2) is 4.98 Å². The molecule has 0 fully saturated rings. The third kappa shape index (κ3) is 4.46. The zero-order valence-corrected chi connectivity index (χ0v) is 16.9. The maximum atomic E-state index is 12.7. The van der Waals surface area contributed by atoms with E-state index in [1.54, 1.807) is 30.3 Å². The Morgan fingerprint density at radius 2 is 1.89 bits per heavy atom. The SMILES string of the molecule is CN(C)c1nc2sc(C(=O)Nc3ccccc3C(=O)NCCC(N)=O)cc2s1. The number of thiophene rings is 1. The van der Waals surface area contributed by atoms with Crippen LogP contribution < -0.4 is 21.3 Å². The standard InChI is InChI=1S/C18H19N5O3S2/c1-23(2)18-22-17-13(28-18)9-12(27-17)16(26)21-11-6-4-3-5-10(11)15(25)20-8-7-14(19)24/h3-6,9H,7-8H2,1-2H3,(H2,19,24)(H,20,25)(H,21,26). The second-order valence-corrected chi connectivity index (χ2v) is 8.18. The molecule has 146 valence electrons. The number of hydrogen-bond donors (Lipinski definition) is 3. The summed E-state index contributed by atoms with van der Waals surface area (Å²) in [5.41, 5.74) is 5.78. The van der Waals surface area contributed by atoms with Gasteiger partial charge >= 0.3 is 0 Å². The molecule has 0 saturated carbocycles. The number of thiazole rings is 1. The highest BCUT2D eigenvalue weighted by Gasteiger charge is 2.17.